The Balaban J connectivity index is 1.83. The van der Waals surface area contributed by atoms with Crippen LogP contribution < -0.4 is 4.74 Å². The van der Waals surface area contributed by atoms with Crippen molar-refractivity contribution in [3.8, 4) is 5.75 Å². The van der Waals surface area contributed by atoms with E-state index in [0.717, 1.165) is 30.3 Å². The molecule has 2 heteroatoms. The third-order valence-electron chi connectivity index (χ3n) is 2.75. The number of benzene rings is 1. The molecule has 80 valence electrons. The Bertz CT molecular complexity index is 336. The van der Waals surface area contributed by atoms with E-state index in [9.17, 15) is 4.79 Å². The van der Waals surface area contributed by atoms with Crippen LogP contribution in [0.5, 0.6) is 5.75 Å². The molecule has 1 aromatic carbocycles. The van der Waals surface area contributed by atoms with Gasteiger partial charge in [-0.3, -0.25) is 4.79 Å². The van der Waals surface area contributed by atoms with E-state index in [1.807, 2.05) is 24.3 Å². The van der Waals surface area contributed by atoms with E-state index < -0.39 is 0 Å². The lowest BCUT2D eigenvalue weighted by Gasteiger charge is -2.05. The van der Waals surface area contributed by atoms with Crippen molar-refractivity contribution in [1.82, 2.24) is 0 Å². The first-order valence-electron chi connectivity index (χ1n) is 5.49. The molecule has 0 unspecified atom stereocenters. The highest BCUT2D eigenvalue weighted by Crippen LogP contribution is 2.32. The average molecular weight is 204 g/mol. The lowest BCUT2D eigenvalue weighted by atomic mass is 10.1. The van der Waals surface area contributed by atoms with Crippen LogP contribution in [0.25, 0.3) is 0 Å². The Hall–Kier alpha value is -1.31. The number of ether oxygens (including phenoxy) is 1. The molecule has 0 amide bonds. The van der Waals surface area contributed by atoms with Crippen LogP contribution in [0.1, 0.15) is 36.5 Å². The summed E-state index contributed by atoms with van der Waals surface area (Å²) in [5.74, 6) is 1.86. The molecule has 0 saturated heterocycles. The number of rotatable bonds is 5. The van der Waals surface area contributed by atoms with E-state index in [1.54, 1.807) is 6.92 Å². The van der Waals surface area contributed by atoms with Crippen LogP contribution in [-0.2, 0) is 0 Å². The number of ketones is 1. The fourth-order valence-corrected chi connectivity index (χ4v) is 1.54. The van der Waals surface area contributed by atoms with E-state index in [2.05, 4.69) is 0 Å². The van der Waals surface area contributed by atoms with Gasteiger partial charge < -0.3 is 4.74 Å². The third kappa shape index (κ3) is 3.08. The molecule has 0 atom stereocenters. The molecular formula is C13H16O2. The van der Waals surface area contributed by atoms with Crippen LogP contribution in [0.15, 0.2) is 24.3 Å². The summed E-state index contributed by atoms with van der Waals surface area (Å²) in [5, 5.41) is 0. The molecule has 0 bridgehead atoms. The van der Waals surface area contributed by atoms with Gasteiger partial charge in [-0.1, -0.05) is 12.8 Å². The van der Waals surface area contributed by atoms with E-state index in [-0.39, 0.29) is 5.78 Å². The Kier molecular flexibility index (Phi) is 3.05. The highest BCUT2D eigenvalue weighted by molar-refractivity contribution is 5.94. The number of hydrogen-bond acceptors (Lipinski definition) is 2. The number of carbonyl (C=O) groups is 1. The molecule has 0 spiro atoms. The second kappa shape index (κ2) is 4.47. The first-order valence-corrected chi connectivity index (χ1v) is 5.49. The second-order valence-electron chi connectivity index (χ2n) is 4.16. The Morgan fingerprint density at radius 3 is 2.53 bits per heavy atom. The first-order chi connectivity index (χ1) is 7.25. The smallest absolute Gasteiger partial charge is 0.159 e. The van der Waals surface area contributed by atoms with E-state index in [0.29, 0.717) is 0 Å². The van der Waals surface area contributed by atoms with E-state index >= 15 is 0 Å². The van der Waals surface area contributed by atoms with Crippen molar-refractivity contribution in [3.05, 3.63) is 29.8 Å². The summed E-state index contributed by atoms with van der Waals surface area (Å²) < 4.78 is 5.58. The fraction of sp³-hybridized carbons (Fsp3) is 0.462. The second-order valence-corrected chi connectivity index (χ2v) is 4.16. The van der Waals surface area contributed by atoms with Gasteiger partial charge in [0, 0.05) is 5.56 Å². The summed E-state index contributed by atoms with van der Waals surface area (Å²) in [5.41, 5.74) is 0.740. The van der Waals surface area contributed by atoms with Gasteiger partial charge >= 0.3 is 0 Å². The minimum Gasteiger partial charge on any atom is -0.494 e. The summed E-state index contributed by atoms with van der Waals surface area (Å²) in [6.07, 6.45) is 3.90. The molecule has 1 aliphatic carbocycles. The van der Waals surface area contributed by atoms with Crippen molar-refractivity contribution in [2.24, 2.45) is 5.92 Å². The molecule has 0 aliphatic heterocycles. The molecule has 0 aromatic heterocycles. The highest BCUT2D eigenvalue weighted by atomic mass is 16.5. The van der Waals surface area contributed by atoms with Crippen molar-refractivity contribution in [3.63, 3.8) is 0 Å². The Labute approximate surface area is 90.3 Å². The van der Waals surface area contributed by atoms with Crippen molar-refractivity contribution in [2.75, 3.05) is 6.61 Å². The molecule has 2 nitrogen and oxygen atoms in total. The van der Waals surface area contributed by atoms with Gasteiger partial charge in [-0.25, -0.2) is 0 Å². The topological polar surface area (TPSA) is 26.3 Å². The SMILES string of the molecule is CC(=O)c1ccc(OCCC2CC2)cc1. The van der Waals surface area contributed by atoms with Crippen LogP contribution in [0.2, 0.25) is 0 Å². The maximum atomic E-state index is 11.0. The molecule has 2 rings (SSSR count). The van der Waals surface area contributed by atoms with E-state index in [4.69, 9.17) is 4.74 Å². The minimum atomic E-state index is 0.0968. The maximum absolute atomic E-state index is 11.0. The van der Waals surface area contributed by atoms with Gasteiger partial charge in [-0.15, -0.1) is 0 Å². The number of carbonyl (C=O) groups excluding carboxylic acids is 1. The predicted octanol–water partition coefficient (Wildman–Crippen LogP) is 3.07. The lowest BCUT2D eigenvalue weighted by molar-refractivity contribution is 0.101. The molecule has 15 heavy (non-hydrogen) atoms. The molecular weight excluding hydrogens is 188 g/mol. The van der Waals surface area contributed by atoms with Crippen LogP contribution in [0.3, 0.4) is 0 Å². The fourth-order valence-electron chi connectivity index (χ4n) is 1.54. The zero-order valence-electron chi connectivity index (χ0n) is 9.03. The Morgan fingerprint density at radius 1 is 1.33 bits per heavy atom. The third-order valence-corrected chi connectivity index (χ3v) is 2.75. The largest absolute Gasteiger partial charge is 0.494 e. The molecule has 1 saturated carbocycles. The van der Waals surface area contributed by atoms with Gasteiger partial charge in [0.1, 0.15) is 5.75 Å². The van der Waals surface area contributed by atoms with Crippen LogP contribution in [0.4, 0.5) is 0 Å². The van der Waals surface area contributed by atoms with Gasteiger partial charge in [0.15, 0.2) is 5.78 Å². The summed E-state index contributed by atoms with van der Waals surface area (Å²) in [7, 11) is 0. The predicted molar refractivity (Wildman–Crippen MR) is 59.3 cm³/mol. The zero-order valence-corrected chi connectivity index (χ0v) is 9.03. The van der Waals surface area contributed by atoms with Gasteiger partial charge in [-0.2, -0.15) is 0 Å². The molecule has 1 aliphatic rings. The summed E-state index contributed by atoms with van der Waals surface area (Å²) in [4.78, 5) is 11.0. The summed E-state index contributed by atoms with van der Waals surface area (Å²) >= 11 is 0. The summed E-state index contributed by atoms with van der Waals surface area (Å²) in [6.45, 7) is 2.37. The Morgan fingerprint density at radius 2 is 2.00 bits per heavy atom. The molecule has 0 radical (unpaired) electrons. The molecule has 0 N–H and O–H groups in total. The van der Waals surface area contributed by atoms with Crippen molar-refractivity contribution in [1.29, 1.82) is 0 Å². The minimum absolute atomic E-state index is 0.0968. The quantitative estimate of drug-likeness (QED) is 0.689. The highest BCUT2D eigenvalue weighted by Gasteiger charge is 2.20. The first kappa shape index (κ1) is 10.2. The van der Waals surface area contributed by atoms with Crippen LogP contribution >= 0.6 is 0 Å². The van der Waals surface area contributed by atoms with E-state index in [1.165, 1.54) is 12.8 Å². The van der Waals surface area contributed by atoms with Crippen LogP contribution in [-0.4, -0.2) is 12.4 Å². The van der Waals surface area contributed by atoms with Gasteiger partial charge in [0.2, 0.25) is 0 Å². The number of Topliss-reactive ketones (excluding diaryl/α,β-unsaturated/α-hetero) is 1. The van der Waals surface area contributed by atoms with Crippen molar-refractivity contribution < 1.29 is 9.53 Å². The normalized spacial score (nSPS) is 15.0. The molecule has 1 aromatic rings. The van der Waals surface area contributed by atoms with Gasteiger partial charge in [-0.05, 0) is 43.5 Å². The summed E-state index contributed by atoms with van der Waals surface area (Å²) in [6, 6.07) is 7.36. The maximum Gasteiger partial charge on any atom is 0.159 e. The van der Waals surface area contributed by atoms with Crippen molar-refractivity contribution >= 4 is 5.78 Å². The van der Waals surface area contributed by atoms with Crippen molar-refractivity contribution in [2.45, 2.75) is 26.2 Å². The van der Waals surface area contributed by atoms with Gasteiger partial charge in [0.25, 0.3) is 0 Å². The lowest BCUT2D eigenvalue weighted by Crippen LogP contribution is -1.98. The standard InChI is InChI=1S/C13H16O2/c1-10(14)12-4-6-13(7-5-12)15-9-8-11-2-3-11/h4-7,11H,2-3,8-9H2,1H3. The average Bonchev–Trinajstić information content (AvgIpc) is 3.02. The molecule has 0 heterocycles. The monoisotopic (exact) mass is 204 g/mol. The van der Waals surface area contributed by atoms with Crippen LogP contribution in [0, 0.1) is 5.92 Å². The van der Waals surface area contributed by atoms with Gasteiger partial charge in [0.05, 0.1) is 6.61 Å². The number of hydrogen-bond donors (Lipinski definition) is 0. The zero-order chi connectivity index (χ0) is 10.7. The molecule has 1 fully saturated rings.